The number of hydrogen-bond acceptors (Lipinski definition) is 5. The molecule has 0 atom stereocenters. The van der Waals surface area contributed by atoms with Crippen LogP contribution in [0.15, 0.2) is 4.52 Å². The first-order valence-corrected chi connectivity index (χ1v) is 6.16. The van der Waals surface area contributed by atoms with E-state index in [-0.39, 0.29) is 11.7 Å². The fourth-order valence-corrected chi connectivity index (χ4v) is 2.22. The Kier molecular flexibility index (Phi) is 3.57. The van der Waals surface area contributed by atoms with Crippen molar-refractivity contribution in [3.8, 4) is 0 Å². The average Bonchev–Trinajstić information content (AvgIpc) is 2.78. The summed E-state index contributed by atoms with van der Waals surface area (Å²) < 4.78 is 4.93. The van der Waals surface area contributed by atoms with Crippen LogP contribution in [0.25, 0.3) is 0 Å². The Hall–Kier alpha value is -1.23. The first-order chi connectivity index (χ1) is 8.08. The zero-order chi connectivity index (χ0) is 12.4. The summed E-state index contributed by atoms with van der Waals surface area (Å²) in [5.74, 6) is 0.995. The highest BCUT2D eigenvalue weighted by molar-refractivity contribution is 5.89. The van der Waals surface area contributed by atoms with Gasteiger partial charge in [0.25, 0.3) is 5.89 Å². The summed E-state index contributed by atoms with van der Waals surface area (Å²) in [6.45, 7) is 7.99. The van der Waals surface area contributed by atoms with Gasteiger partial charge in [-0.25, -0.2) is 0 Å². The van der Waals surface area contributed by atoms with E-state index in [0.29, 0.717) is 17.8 Å². The third kappa shape index (κ3) is 2.72. The van der Waals surface area contributed by atoms with Crippen molar-refractivity contribution < 1.29 is 9.32 Å². The minimum absolute atomic E-state index is 0.131. The Balaban J connectivity index is 1.98. The second kappa shape index (κ2) is 4.96. The summed E-state index contributed by atoms with van der Waals surface area (Å²) in [6.07, 6.45) is 2.07. The molecule has 1 aromatic heterocycles. The van der Waals surface area contributed by atoms with Crippen molar-refractivity contribution in [2.24, 2.45) is 0 Å². The molecule has 0 amide bonds. The maximum atomic E-state index is 11.1. The summed E-state index contributed by atoms with van der Waals surface area (Å²) in [4.78, 5) is 17.7. The normalized spacial score (nSPS) is 18.8. The summed E-state index contributed by atoms with van der Waals surface area (Å²) in [5.41, 5.74) is 0. The van der Waals surface area contributed by atoms with Crippen LogP contribution in [0, 0.1) is 0 Å². The fourth-order valence-electron chi connectivity index (χ4n) is 2.22. The predicted molar refractivity (Wildman–Crippen MR) is 63.0 cm³/mol. The molecule has 0 saturated carbocycles. The maximum Gasteiger partial charge on any atom is 0.293 e. The molecule has 5 nitrogen and oxygen atoms in total. The van der Waals surface area contributed by atoms with Crippen molar-refractivity contribution in [3.05, 3.63) is 11.7 Å². The van der Waals surface area contributed by atoms with Crippen LogP contribution >= 0.6 is 0 Å². The number of aromatic nitrogens is 2. The van der Waals surface area contributed by atoms with Gasteiger partial charge in [0.1, 0.15) is 0 Å². The Morgan fingerprint density at radius 3 is 2.53 bits per heavy atom. The number of carbonyl (C=O) groups is 1. The van der Waals surface area contributed by atoms with Crippen LogP contribution < -0.4 is 0 Å². The third-order valence-corrected chi connectivity index (χ3v) is 3.37. The van der Waals surface area contributed by atoms with E-state index in [9.17, 15) is 4.79 Å². The smallest absolute Gasteiger partial charge is 0.293 e. The zero-order valence-electron chi connectivity index (χ0n) is 10.6. The third-order valence-electron chi connectivity index (χ3n) is 3.37. The molecule has 1 aliphatic heterocycles. The van der Waals surface area contributed by atoms with Crippen LogP contribution in [-0.4, -0.2) is 40.0 Å². The van der Waals surface area contributed by atoms with E-state index in [4.69, 9.17) is 4.52 Å². The van der Waals surface area contributed by atoms with Crippen LogP contribution in [0.4, 0.5) is 0 Å². The molecule has 0 bridgehead atoms. The number of rotatable bonds is 3. The lowest BCUT2D eigenvalue weighted by molar-refractivity contribution is 0.0972. The first kappa shape index (κ1) is 12.2. The largest absolute Gasteiger partial charge is 0.331 e. The molecular formula is C12H19N3O2. The van der Waals surface area contributed by atoms with Gasteiger partial charge in [-0.15, -0.1) is 0 Å². The van der Waals surface area contributed by atoms with Gasteiger partial charge in [-0.05, 0) is 39.8 Å². The van der Waals surface area contributed by atoms with E-state index >= 15 is 0 Å². The van der Waals surface area contributed by atoms with Gasteiger partial charge in [-0.3, -0.25) is 4.79 Å². The Bertz CT molecular complexity index is 392. The molecular weight excluding hydrogens is 218 g/mol. The molecule has 94 valence electrons. The second-order valence-electron chi connectivity index (χ2n) is 4.92. The molecule has 1 aliphatic rings. The monoisotopic (exact) mass is 237 g/mol. The fraction of sp³-hybridized carbons (Fsp3) is 0.750. The van der Waals surface area contributed by atoms with Crippen LogP contribution in [0.3, 0.4) is 0 Å². The molecule has 0 N–H and O–H groups in total. The molecule has 0 radical (unpaired) electrons. The number of ketones is 1. The molecule has 2 heterocycles. The summed E-state index contributed by atoms with van der Waals surface area (Å²) >= 11 is 0. The molecule has 5 heteroatoms. The van der Waals surface area contributed by atoms with Crippen molar-refractivity contribution in [2.75, 3.05) is 13.1 Å². The van der Waals surface area contributed by atoms with Crippen LogP contribution in [0.5, 0.6) is 0 Å². The molecule has 1 aromatic rings. The standard InChI is InChI=1S/C12H19N3O2/c1-8(2)15-6-4-10(5-7-15)11-13-12(9(3)16)17-14-11/h8,10H,4-7H2,1-3H3. The zero-order valence-corrected chi connectivity index (χ0v) is 10.6. The van der Waals surface area contributed by atoms with E-state index in [1.165, 1.54) is 6.92 Å². The van der Waals surface area contributed by atoms with Crippen molar-refractivity contribution in [1.29, 1.82) is 0 Å². The summed E-state index contributed by atoms with van der Waals surface area (Å²) in [6, 6.07) is 0.592. The molecule has 1 saturated heterocycles. The van der Waals surface area contributed by atoms with Crippen molar-refractivity contribution in [3.63, 3.8) is 0 Å². The minimum atomic E-state index is -0.164. The number of likely N-dealkylation sites (tertiary alicyclic amines) is 1. The highest BCUT2D eigenvalue weighted by atomic mass is 16.5. The van der Waals surface area contributed by atoms with E-state index in [1.54, 1.807) is 0 Å². The predicted octanol–water partition coefficient (Wildman–Crippen LogP) is 1.86. The molecule has 0 aromatic carbocycles. The van der Waals surface area contributed by atoms with Crippen LogP contribution in [0.2, 0.25) is 0 Å². The Morgan fingerprint density at radius 1 is 1.41 bits per heavy atom. The highest BCUT2D eigenvalue weighted by Crippen LogP contribution is 2.26. The molecule has 0 aliphatic carbocycles. The second-order valence-corrected chi connectivity index (χ2v) is 4.92. The van der Waals surface area contributed by atoms with Crippen molar-refractivity contribution in [1.82, 2.24) is 15.0 Å². The lowest BCUT2D eigenvalue weighted by Crippen LogP contribution is -2.38. The van der Waals surface area contributed by atoms with Gasteiger partial charge in [0.05, 0.1) is 0 Å². The quantitative estimate of drug-likeness (QED) is 0.751. The van der Waals surface area contributed by atoms with Gasteiger partial charge in [-0.2, -0.15) is 4.98 Å². The summed E-state index contributed by atoms with van der Waals surface area (Å²) in [7, 11) is 0. The van der Waals surface area contributed by atoms with E-state index in [2.05, 4.69) is 28.9 Å². The van der Waals surface area contributed by atoms with Gasteiger partial charge in [0, 0.05) is 18.9 Å². The molecule has 2 rings (SSSR count). The molecule has 0 spiro atoms. The number of piperidine rings is 1. The van der Waals surface area contributed by atoms with Gasteiger partial charge in [-0.1, -0.05) is 5.16 Å². The average molecular weight is 237 g/mol. The maximum absolute atomic E-state index is 11.1. The topological polar surface area (TPSA) is 59.2 Å². The lowest BCUT2D eigenvalue weighted by atomic mass is 9.95. The number of Topliss-reactive ketones (excluding diaryl/α,β-unsaturated/α-hetero) is 1. The van der Waals surface area contributed by atoms with E-state index in [0.717, 1.165) is 25.9 Å². The lowest BCUT2D eigenvalue weighted by Gasteiger charge is -2.33. The highest BCUT2D eigenvalue weighted by Gasteiger charge is 2.26. The Morgan fingerprint density at radius 2 is 2.06 bits per heavy atom. The van der Waals surface area contributed by atoms with E-state index in [1.807, 2.05) is 0 Å². The van der Waals surface area contributed by atoms with Gasteiger partial charge < -0.3 is 9.42 Å². The van der Waals surface area contributed by atoms with Crippen LogP contribution in [0.1, 0.15) is 56.0 Å². The van der Waals surface area contributed by atoms with Crippen LogP contribution in [-0.2, 0) is 0 Å². The number of hydrogen-bond donors (Lipinski definition) is 0. The SMILES string of the molecule is CC(=O)c1nc(C2CCN(C(C)C)CC2)no1. The van der Waals surface area contributed by atoms with E-state index < -0.39 is 0 Å². The molecule has 17 heavy (non-hydrogen) atoms. The molecule has 1 fully saturated rings. The number of carbonyl (C=O) groups excluding carboxylic acids is 1. The van der Waals surface area contributed by atoms with Crippen molar-refractivity contribution in [2.45, 2.75) is 45.6 Å². The van der Waals surface area contributed by atoms with Gasteiger partial charge >= 0.3 is 0 Å². The van der Waals surface area contributed by atoms with Gasteiger partial charge in [0.2, 0.25) is 5.78 Å². The van der Waals surface area contributed by atoms with Gasteiger partial charge in [0.15, 0.2) is 5.82 Å². The minimum Gasteiger partial charge on any atom is -0.331 e. The number of nitrogens with zero attached hydrogens (tertiary/aromatic N) is 3. The Labute approximate surface area is 101 Å². The van der Waals surface area contributed by atoms with Crippen molar-refractivity contribution >= 4 is 5.78 Å². The first-order valence-electron chi connectivity index (χ1n) is 6.16. The molecule has 0 unspecified atom stereocenters. The summed E-state index contributed by atoms with van der Waals surface area (Å²) in [5, 5.41) is 3.91.